The monoisotopic (exact) mass is 252 g/mol. The molecule has 2 aliphatic rings. The number of hydrogen-bond acceptors (Lipinski definition) is 3. The van der Waals surface area contributed by atoms with Gasteiger partial charge in [0.2, 0.25) is 0 Å². The maximum Gasteiger partial charge on any atom is 0.119 e. The molecule has 0 spiro atoms. The predicted octanol–water partition coefficient (Wildman–Crippen LogP) is 3.38. The number of hydrogen-bond donors (Lipinski definition) is 0. The highest BCUT2D eigenvalue weighted by atomic mass is 16.5. The van der Waals surface area contributed by atoms with E-state index in [2.05, 4.69) is 23.8 Å². The minimum atomic E-state index is 0.534. The van der Waals surface area contributed by atoms with Gasteiger partial charge in [-0.25, -0.2) is 0 Å². The number of ether oxygens (including phenoxy) is 1. The van der Waals surface area contributed by atoms with Gasteiger partial charge in [-0.2, -0.15) is 0 Å². The van der Waals surface area contributed by atoms with Gasteiger partial charge in [0.25, 0.3) is 0 Å². The van der Waals surface area contributed by atoms with Gasteiger partial charge >= 0.3 is 0 Å². The molecule has 0 fully saturated rings. The van der Waals surface area contributed by atoms with Gasteiger partial charge in [0.1, 0.15) is 5.75 Å². The first kappa shape index (κ1) is 11.9. The number of nitrogens with zero attached hydrogens (tertiary/aromatic N) is 2. The fraction of sp³-hybridized carbons (Fsp3) is 0.250. The largest absolute Gasteiger partial charge is 0.493 e. The van der Waals surface area contributed by atoms with Crippen LogP contribution in [-0.4, -0.2) is 18.5 Å². The van der Waals surface area contributed by atoms with Crippen LogP contribution >= 0.6 is 0 Å². The number of benzene rings is 1. The van der Waals surface area contributed by atoms with Crippen molar-refractivity contribution >= 4 is 11.9 Å². The van der Waals surface area contributed by atoms with E-state index in [0.29, 0.717) is 5.92 Å². The van der Waals surface area contributed by atoms with E-state index in [1.165, 1.54) is 0 Å². The lowest BCUT2D eigenvalue weighted by Gasteiger charge is -2.09. The molecule has 0 bridgehead atoms. The number of aliphatic imine (C=N–C) groups is 2. The van der Waals surface area contributed by atoms with Gasteiger partial charge in [0.15, 0.2) is 0 Å². The molecule has 0 aliphatic carbocycles. The summed E-state index contributed by atoms with van der Waals surface area (Å²) in [5.74, 6) is 1.44. The first-order valence-corrected chi connectivity index (χ1v) is 6.49. The van der Waals surface area contributed by atoms with Crippen LogP contribution in [0.3, 0.4) is 0 Å². The summed E-state index contributed by atoms with van der Waals surface area (Å²) in [5, 5.41) is 0. The lowest BCUT2D eigenvalue weighted by atomic mass is 10.0. The standard InChI is InChI=1S/C16H16N2O/c1-11(2)10-19-14-5-3-12(4-6-14)16-15-9-17-7-13(15)8-18-16/h3-9,11H,10H2,1-2H3. The lowest BCUT2D eigenvalue weighted by Crippen LogP contribution is -2.05. The Morgan fingerprint density at radius 3 is 2.63 bits per heavy atom. The summed E-state index contributed by atoms with van der Waals surface area (Å²) < 4.78 is 5.68. The van der Waals surface area contributed by atoms with Crippen LogP contribution < -0.4 is 4.74 Å². The molecule has 0 saturated heterocycles. The Balaban J connectivity index is 1.74. The zero-order chi connectivity index (χ0) is 13.2. The van der Waals surface area contributed by atoms with Crippen molar-refractivity contribution in [2.24, 2.45) is 15.9 Å². The Hall–Kier alpha value is -2.16. The third kappa shape index (κ3) is 2.36. The SMILES string of the molecule is CC(C)COc1ccc(C2=NC=C3C=NC=C32)cc1. The van der Waals surface area contributed by atoms with Gasteiger partial charge in [-0.05, 0) is 30.2 Å². The first-order valence-electron chi connectivity index (χ1n) is 6.49. The Kier molecular flexibility index (Phi) is 3.03. The average molecular weight is 252 g/mol. The third-order valence-electron chi connectivity index (χ3n) is 3.03. The molecule has 0 saturated carbocycles. The zero-order valence-corrected chi connectivity index (χ0v) is 11.1. The Morgan fingerprint density at radius 1 is 1.11 bits per heavy atom. The second-order valence-electron chi connectivity index (χ2n) is 5.11. The van der Waals surface area contributed by atoms with Crippen LogP contribution in [0.1, 0.15) is 19.4 Å². The molecule has 19 heavy (non-hydrogen) atoms. The average Bonchev–Trinajstić information content (AvgIpc) is 2.99. The molecule has 0 unspecified atom stereocenters. The third-order valence-corrected chi connectivity index (χ3v) is 3.03. The molecule has 2 aliphatic heterocycles. The van der Waals surface area contributed by atoms with Gasteiger partial charge in [-0.3, -0.25) is 9.98 Å². The summed E-state index contributed by atoms with van der Waals surface area (Å²) in [6.07, 6.45) is 5.56. The van der Waals surface area contributed by atoms with Crippen LogP contribution in [0.4, 0.5) is 0 Å². The molecule has 1 aromatic rings. The smallest absolute Gasteiger partial charge is 0.119 e. The topological polar surface area (TPSA) is 34.0 Å². The van der Waals surface area contributed by atoms with E-state index in [4.69, 9.17) is 4.74 Å². The van der Waals surface area contributed by atoms with Crippen LogP contribution in [0.5, 0.6) is 5.75 Å². The van der Waals surface area contributed by atoms with Crippen molar-refractivity contribution in [3.05, 3.63) is 53.4 Å². The summed E-state index contributed by atoms with van der Waals surface area (Å²) >= 11 is 0. The fourth-order valence-corrected chi connectivity index (χ4v) is 2.04. The minimum absolute atomic E-state index is 0.534. The van der Waals surface area contributed by atoms with E-state index >= 15 is 0 Å². The minimum Gasteiger partial charge on any atom is -0.493 e. The second kappa shape index (κ2) is 4.84. The summed E-state index contributed by atoms with van der Waals surface area (Å²) in [4.78, 5) is 8.60. The fourth-order valence-electron chi connectivity index (χ4n) is 2.04. The normalized spacial score (nSPS) is 16.3. The molecule has 96 valence electrons. The van der Waals surface area contributed by atoms with E-state index < -0.39 is 0 Å². The first-order chi connectivity index (χ1) is 9.24. The van der Waals surface area contributed by atoms with Crippen LogP contribution in [0.15, 0.2) is 57.8 Å². The van der Waals surface area contributed by atoms with E-state index in [0.717, 1.165) is 34.8 Å². The summed E-state index contributed by atoms with van der Waals surface area (Å²) in [6, 6.07) is 8.08. The molecule has 3 nitrogen and oxygen atoms in total. The van der Waals surface area contributed by atoms with Gasteiger partial charge < -0.3 is 4.74 Å². The highest BCUT2D eigenvalue weighted by molar-refractivity contribution is 6.22. The molecule has 3 rings (SSSR count). The second-order valence-corrected chi connectivity index (χ2v) is 5.11. The van der Waals surface area contributed by atoms with E-state index in [9.17, 15) is 0 Å². The van der Waals surface area contributed by atoms with Crippen LogP contribution in [0.2, 0.25) is 0 Å². The molecular weight excluding hydrogens is 236 g/mol. The summed E-state index contributed by atoms with van der Waals surface area (Å²) in [5.41, 5.74) is 4.29. The van der Waals surface area contributed by atoms with Gasteiger partial charge in [0.05, 0.1) is 12.3 Å². The van der Waals surface area contributed by atoms with E-state index in [1.54, 1.807) is 0 Å². The number of rotatable bonds is 4. The van der Waals surface area contributed by atoms with Crippen LogP contribution in [-0.2, 0) is 0 Å². The van der Waals surface area contributed by atoms with E-state index in [1.807, 2.05) is 42.9 Å². The molecule has 0 radical (unpaired) electrons. The van der Waals surface area contributed by atoms with Gasteiger partial charge in [-0.1, -0.05) is 13.8 Å². The predicted molar refractivity (Wildman–Crippen MR) is 78.0 cm³/mol. The highest BCUT2D eigenvalue weighted by Crippen LogP contribution is 2.26. The molecule has 0 amide bonds. The van der Waals surface area contributed by atoms with Crippen molar-refractivity contribution in [1.29, 1.82) is 0 Å². The zero-order valence-electron chi connectivity index (χ0n) is 11.1. The van der Waals surface area contributed by atoms with Crippen molar-refractivity contribution in [1.82, 2.24) is 0 Å². The Bertz CT molecular complexity index is 604. The van der Waals surface area contributed by atoms with Crippen molar-refractivity contribution in [2.45, 2.75) is 13.8 Å². The Morgan fingerprint density at radius 2 is 1.89 bits per heavy atom. The van der Waals surface area contributed by atoms with Crippen LogP contribution in [0, 0.1) is 5.92 Å². The molecule has 0 atom stereocenters. The van der Waals surface area contributed by atoms with Crippen LogP contribution in [0.25, 0.3) is 0 Å². The van der Waals surface area contributed by atoms with Crippen molar-refractivity contribution < 1.29 is 4.74 Å². The maximum atomic E-state index is 5.68. The van der Waals surface area contributed by atoms with Crippen molar-refractivity contribution in [2.75, 3.05) is 6.61 Å². The lowest BCUT2D eigenvalue weighted by molar-refractivity contribution is 0.271. The quantitative estimate of drug-likeness (QED) is 0.808. The van der Waals surface area contributed by atoms with Crippen molar-refractivity contribution in [3.8, 4) is 5.75 Å². The summed E-state index contributed by atoms with van der Waals surface area (Å²) in [7, 11) is 0. The Labute approximate surface area is 113 Å². The van der Waals surface area contributed by atoms with Gasteiger partial charge in [0, 0.05) is 35.3 Å². The molecule has 3 heteroatoms. The number of fused-ring (bicyclic) bond motifs is 1. The highest BCUT2D eigenvalue weighted by Gasteiger charge is 2.20. The molecule has 0 N–H and O–H groups in total. The van der Waals surface area contributed by atoms with Gasteiger partial charge in [-0.15, -0.1) is 0 Å². The molecule has 2 heterocycles. The van der Waals surface area contributed by atoms with E-state index in [-0.39, 0.29) is 0 Å². The maximum absolute atomic E-state index is 5.68. The molecular formula is C16H16N2O. The molecule has 0 aromatic heterocycles. The molecule has 1 aromatic carbocycles. The summed E-state index contributed by atoms with van der Waals surface area (Å²) in [6.45, 7) is 5.02. The number of allylic oxidation sites excluding steroid dienone is 2. The van der Waals surface area contributed by atoms with Crippen molar-refractivity contribution in [3.63, 3.8) is 0 Å².